The highest BCUT2D eigenvalue weighted by Gasteiger charge is 2.24. The molecule has 1 saturated heterocycles. The molecule has 2 aromatic rings. The van der Waals surface area contributed by atoms with Crippen molar-refractivity contribution >= 4 is 27.3 Å². The zero-order valence-corrected chi connectivity index (χ0v) is 20.8. The van der Waals surface area contributed by atoms with Crippen LogP contribution in [0.15, 0.2) is 41.3 Å². The number of nitro benzene ring substituents is 1. The summed E-state index contributed by atoms with van der Waals surface area (Å²) >= 11 is 0. The van der Waals surface area contributed by atoms with E-state index >= 15 is 0 Å². The minimum Gasteiger partial charge on any atom is -0.493 e. The number of amides is 1. The topological polar surface area (TPSA) is 131 Å². The van der Waals surface area contributed by atoms with Gasteiger partial charge in [-0.15, -0.1) is 0 Å². The number of hydrogen-bond acceptors (Lipinski definition) is 8. The van der Waals surface area contributed by atoms with Crippen molar-refractivity contribution in [2.75, 3.05) is 51.7 Å². The summed E-state index contributed by atoms with van der Waals surface area (Å²) in [5.41, 5.74) is -0.420. The predicted molar refractivity (Wildman–Crippen MR) is 131 cm³/mol. The van der Waals surface area contributed by atoms with Gasteiger partial charge in [0.2, 0.25) is 0 Å². The van der Waals surface area contributed by atoms with Crippen molar-refractivity contribution in [2.24, 2.45) is 0 Å². The van der Waals surface area contributed by atoms with Gasteiger partial charge < -0.3 is 19.3 Å². The minimum absolute atomic E-state index is 0.0492. The maximum absolute atomic E-state index is 13.2. The van der Waals surface area contributed by atoms with Crippen LogP contribution in [0.3, 0.4) is 0 Å². The normalized spacial score (nSPS) is 14.8. The van der Waals surface area contributed by atoms with Crippen LogP contribution in [0.4, 0.5) is 11.4 Å². The van der Waals surface area contributed by atoms with E-state index < -0.39 is 14.9 Å². The summed E-state index contributed by atoms with van der Waals surface area (Å²) in [7, 11) is -1.33. The molecule has 0 bridgehead atoms. The van der Waals surface area contributed by atoms with E-state index in [4.69, 9.17) is 9.47 Å². The zero-order chi connectivity index (χ0) is 25.6. The molecule has 1 heterocycles. The van der Waals surface area contributed by atoms with Crippen LogP contribution >= 0.6 is 0 Å². The molecule has 0 radical (unpaired) electrons. The van der Waals surface area contributed by atoms with Crippen molar-refractivity contribution in [3.05, 3.63) is 52.1 Å². The Hall–Kier alpha value is -3.38. The molecule has 1 aliphatic rings. The second kappa shape index (κ2) is 11.4. The first-order valence-electron chi connectivity index (χ1n) is 11.2. The van der Waals surface area contributed by atoms with E-state index in [1.54, 1.807) is 4.90 Å². The molecule has 1 N–H and O–H groups in total. The molecule has 0 aliphatic carbocycles. The maximum Gasteiger partial charge on any atom is 0.272 e. The Morgan fingerprint density at radius 3 is 2.46 bits per heavy atom. The fourth-order valence-corrected chi connectivity index (χ4v) is 5.05. The van der Waals surface area contributed by atoms with Crippen molar-refractivity contribution < 1.29 is 27.6 Å². The predicted octanol–water partition coefficient (Wildman–Crippen LogP) is 2.97. The maximum atomic E-state index is 13.2. The van der Waals surface area contributed by atoms with Gasteiger partial charge >= 0.3 is 0 Å². The van der Waals surface area contributed by atoms with E-state index in [1.165, 1.54) is 44.6 Å². The number of nitrogens with zero attached hydrogens (tertiary/aromatic N) is 3. The third-order valence-electron chi connectivity index (χ3n) is 5.71. The molecule has 3 rings (SSSR count). The van der Waals surface area contributed by atoms with E-state index in [0.717, 1.165) is 32.0 Å². The molecule has 0 aromatic heterocycles. The van der Waals surface area contributed by atoms with Crippen molar-refractivity contribution in [3.63, 3.8) is 0 Å². The van der Waals surface area contributed by atoms with E-state index in [1.807, 2.05) is 0 Å². The van der Waals surface area contributed by atoms with Crippen LogP contribution in [0.1, 0.15) is 30.1 Å². The van der Waals surface area contributed by atoms with Crippen LogP contribution in [0.5, 0.6) is 11.5 Å². The van der Waals surface area contributed by atoms with Gasteiger partial charge in [0.1, 0.15) is 0 Å². The molecule has 0 atom stereocenters. The molecule has 0 unspecified atom stereocenters. The molecule has 35 heavy (non-hydrogen) atoms. The molecule has 0 saturated carbocycles. The lowest BCUT2D eigenvalue weighted by atomic mass is 10.1. The third-order valence-corrected chi connectivity index (χ3v) is 7.09. The number of methoxy groups -OCH3 is 2. The lowest BCUT2D eigenvalue weighted by Crippen LogP contribution is -2.35. The Morgan fingerprint density at radius 2 is 1.80 bits per heavy atom. The van der Waals surface area contributed by atoms with Gasteiger partial charge in [-0.1, -0.05) is 6.92 Å². The minimum atomic E-state index is -4.14. The first kappa shape index (κ1) is 26.2. The standard InChI is InChI=1S/C23H30N4O7S/c1-4-8-25-9-5-10-26(12-11-25)23(28)17-13-18(15-19(14-17)27(29)30)24-35(31,32)20-6-7-21(33-2)22(16-20)34-3/h6-7,13-16,24H,4-5,8-12H2,1-3H3. The smallest absolute Gasteiger partial charge is 0.272 e. The molecule has 11 nitrogen and oxygen atoms in total. The summed E-state index contributed by atoms with van der Waals surface area (Å²) in [6.45, 7) is 5.65. The molecular weight excluding hydrogens is 476 g/mol. The number of hydrogen-bond donors (Lipinski definition) is 1. The first-order valence-corrected chi connectivity index (χ1v) is 12.7. The average Bonchev–Trinajstić information content (AvgIpc) is 3.08. The second-order valence-corrected chi connectivity index (χ2v) is 9.82. The number of anilines is 1. The monoisotopic (exact) mass is 506 g/mol. The van der Waals surface area contributed by atoms with Gasteiger partial charge in [0, 0.05) is 43.4 Å². The lowest BCUT2D eigenvalue weighted by molar-refractivity contribution is -0.384. The van der Waals surface area contributed by atoms with Crippen molar-refractivity contribution in [3.8, 4) is 11.5 Å². The van der Waals surface area contributed by atoms with Crippen LogP contribution in [0, 0.1) is 10.1 Å². The number of ether oxygens (including phenoxy) is 2. The first-order chi connectivity index (χ1) is 16.7. The summed E-state index contributed by atoms with van der Waals surface area (Å²) < 4.78 is 38.6. The molecule has 2 aromatic carbocycles. The summed E-state index contributed by atoms with van der Waals surface area (Å²) in [6.07, 6.45) is 1.81. The van der Waals surface area contributed by atoms with E-state index in [0.29, 0.717) is 25.4 Å². The molecular formula is C23H30N4O7S. The molecule has 1 aliphatic heterocycles. The van der Waals surface area contributed by atoms with Gasteiger partial charge in [-0.2, -0.15) is 0 Å². The second-order valence-electron chi connectivity index (χ2n) is 8.14. The largest absolute Gasteiger partial charge is 0.493 e. The zero-order valence-electron chi connectivity index (χ0n) is 20.0. The molecule has 1 amide bonds. The van der Waals surface area contributed by atoms with Gasteiger partial charge in [0.05, 0.1) is 29.7 Å². The fraction of sp³-hybridized carbons (Fsp3) is 0.435. The summed E-state index contributed by atoms with van der Waals surface area (Å²) in [5.74, 6) is 0.187. The number of benzene rings is 2. The summed E-state index contributed by atoms with van der Waals surface area (Å²) in [4.78, 5) is 27.9. The van der Waals surface area contributed by atoms with Gasteiger partial charge in [-0.25, -0.2) is 8.42 Å². The Morgan fingerprint density at radius 1 is 1.06 bits per heavy atom. The third kappa shape index (κ3) is 6.40. The van der Waals surface area contributed by atoms with E-state index in [-0.39, 0.29) is 33.5 Å². The lowest BCUT2D eigenvalue weighted by Gasteiger charge is -2.22. The molecule has 0 spiro atoms. The Bertz CT molecular complexity index is 1190. The number of nitrogens with one attached hydrogen (secondary N) is 1. The Balaban J connectivity index is 1.89. The van der Waals surface area contributed by atoms with Gasteiger partial charge in [-0.05, 0) is 44.1 Å². The van der Waals surface area contributed by atoms with E-state index in [2.05, 4.69) is 16.5 Å². The highest BCUT2D eigenvalue weighted by atomic mass is 32.2. The van der Waals surface area contributed by atoms with Crippen LogP contribution in [0.2, 0.25) is 0 Å². The number of non-ortho nitro benzene ring substituents is 1. The van der Waals surface area contributed by atoms with Crippen molar-refractivity contribution in [2.45, 2.75) is 24.7 Å². The van der Waals surface area contributed by atoms with Crippen molar-refractivity contribution in [1.82, 2.24) is 9.80 Å². The van der Waals surface area contributed by atoms with Gasteiger partial charge in [0.15, 0.2) is 11.5 Å². The summed E-state index contributed by atoms with van der Waals surface area (Å²) in [5, 5.41) is 11.5. The molecule has 190 valence electrons. The summed E-state index contributed by atoms with van der Waals surface area (Å²) in [6, 6.07) is 7.63. The highest BCUT2D eigenvalue weighted by Crippen LogP contribution is 2.31. The SMILES string of the molecule is CCCN1CCCN(C(=O)c2cc(NS(=O)(=O)c3ccc(OC)c(OC)c3)cc([N+](=O)[O-])c2)CC1. The van der Waals surface area contributed by atoms with Crippen LogP contribution in [0.25, 0.3) is 0 Å². The number of nitro groups is 1. The Labute approximate surface area is 204 Å². The molecule has 12 heteroatoms. The molecule has 1 fully saturated rings. The van der Waals surface area contributed by atoms with Crippen LogP contribution < -0.4 is 14.2 Å². The van der Waals surface area contributed by atoms with Gasteiger partial charge in [0.25, 0.3) is 21.6 Å². The van der Waals surface area contributed by atoms with Crippen LogP contribution in [-0.4, -0.2) is 76.0 Å². The number of carbonyl (C=O) groups is 1. The van der Waals surface area contributed by atoms with Crippen molar-refractivity contribution in [1.29, 1.82) is 0 Å². The van der Waals surface area contributed by atoms with Gasteiger partial charge in [-0.3, -0.25) is 19.6 Å². The average molecular weight is 507 g/mol. The quantitative estimate of drug-likeness (QED) is 0.406. The van der Waals surface area contributed by atoms with Crippen LogP contribution in [-0.2, 0) is 10.0 Å². The highest BCUT2D eigenvalue weighted by molar-refractivity contribution is 7.92. The number of carbonyl (C=O) groups excluding carboxylic acids is 1. The number of sulfonamides is 1. The fourth-order valence-electron chi connectivity index (χ4n) is 3.99. The van der Waals surface area contributed by atoms with E-state index in [9.17, 15) is 23.3 Å². The Kier molecular flexibility index (Phi) is 8.52. The number of rotatable bonds is 9.